The Morgan fingerprint density at radius 3 is 2.54 bits per heavy atom. The van der Waals surface area contributed by atoms with Gasteiger partial charge >= 0.3 is 6.03 Å². The quantitative estimate of drug-likeness (QED) is 0.688. The van der Waals surface area contributed by atoms with Gasteiger partial charge in [0.1, 0.15) is 0 Å². The predicted octanol–water partition coefficient (Wildman–Crippen LogP) is 1.02. The van der Waals surface area contributed by atoms with E-state index < -0.39 is 0 Å². The zero-order valence-electron chi connectivity index (χ0n) is 8.09. The Morgan fingerprint density at radius 1 is 1.46 bits per heavy atom. The maximum atomic E-state index is 11.1. The summed E-state index contributed by atoms with van der Waals surface area (Å²) in [5.41, 5.74) is 0. The summed E-state index contributed by atoms with van der Waals surface area (Å²) in [6.07, 6.45) is 2.70. The van der Waals surface area contributed by atoms with Crippen LogP contribution in [0.3, 0.4) is 0 Å². The molecule has 74 valence electrons. The number of hydrogen-bond donors (Lipinski definition) is 2. The van der Waals surface area contributed by atoms with Crippen molar-refractivity contribution in [1.29, 1.82) is 0 Å². The highest BCUT2D eigenvalue weighted by Gasteiger charge is 2.30. The molecule has 1 aliphatic carbocycles. The molecule has 1 saturated carbocycles. The first-order chi connectivity index (χ1) is 6.13. The van der Waals surface area contributed by atoms with Crippen LogP contribution >= 0.6 is 0 Å². The third-order valence-electron chi connectivity index (χ3n) is 2.17. The van der Waals surface area contributed by atoms with Crippen molar-refractivity contribution in [3.63, 3.8) is 0 Å². The highest BCUT2D eigenvalue weighted by molar-refractivity contribution is 5.96. The van der Waals surface area contributed by atoms with E-state index in [2.05, 4.69) is 10.6 Å². The first-order valence-corrected chi connectivity index (χ1v) is 4.74. The third-order valence-corrected chi connectivity index (χ3v) is 2.17. The van der Waals surface area contributed by atoms with Gasteiger partial charge in [0, 0.05) is 12.0 Å². The number of hydrogen-bond acceptors (Lipinski definition) is 2. The van der Waals surface area contributed by atoms with Crippen molar-refractivity contribution in [2.75, 3.05) is 0 Å². The Labute approximate surface area is 78.1 Å². The molecule has 1 rings (SSSR count). The molecule has 0 bridgehead atoms. The number of carbonyl (C=O) groups is 2. The smallest absolute Gasteiger partial charge is 0.321 e. The van der Waals surface area contributed by atoms with E-state index in [0.29, 0.717) is 0 Å². The molecule has 1 fully saturated rings. The summed E-state index contributed by atoms with van der Waals surface area (Å²) >= 11 is 0. The van der Waals surface area contributed by atoms with E-state index in [1.165, 1.54) is 0 Å². The molecule has 0 aromatic heterocycles. The third kappa shape index (κ3) is 3.44. The van der Waals surface area contributed by atoms with E-state index >= 15 is 0 Å². The van der Waals surface area contributed by atoms with Gasteiger partial charge in [-0.05, 0) is 26.2 Å². The Morgan fingerprint density at radius 2 is 2.08 bits per heavy atom. The van der Waals surface area contributed by atoms with Crippen LogP contribution < -0.4 is 10.6 Å². The molecule has 4 nitrogen and oxygen atoms in total. The van der Waals surface area contributed by atoms with Crippen LogP contribution in [0.25, 0.3) is 0 Å². The predicted molar refractivity (Wildman–Crippen MR) is 49.2 cm³/mol. The minimum atomic E-state index is -0.369. The van der Waals surface area contributed by atoms with Crippen molar-refractivity contribution in [1.82, 2.24) is 10.6 Å². The van der Waals surface area contributed by atoms with Gasteiger partial charge in [0.2, 0.25) is 5.91 Å². The normalized spacial score (nSPS) is 17.7. The van der Waals surface area contributed by atoms with E-state index in [4.69, 9.17) is 0 Å². The summed E-state index contributed by atoms with van der Waals surface area (Å²) < 4.78 is 0. The molecule has 13 heavy (non-hydrogen) atoms. The number of amides is 3. The second-order valence-corrected chi connectivity index (χ2v) is 3.55. The summed E-state index contributed by atoms with van der Waals surface area (Å²) in [4.78, 5) is 22.2. The molecule has 3 amide bonds. The fraction of sp³-hybridized carbons (Fsp3) is 0.778. The molecule has 0 aromatic rings. The zero-order valence-corrected chi connectivity index (χ0v) is 8.09. The summed E-state index contributed by atoms with van der Waals surface area (Å²) in [7, 11) is 0. The maximum absolute atomic E-state index is 11.1. The molecule has 0 aliphatic heterocycles. The standard InChI is InChI=1S/C9H16N2O2/c1-3-6(2)10-9(13)11-8(12)7-4-5-7/h6-7H,3-5H2,1-2H3,(H2,10,11,12,13). The average molecular weight is 184 g/mol. The summed E-state index contributed by atoms with van der Waals surface area (Å²) in [6, 6.07) is -0.252. The first-order valence-electron chi connectivity index (χ1n) is 4.74. The van der Waals surface area contributed by atoms with Gasteiger partial charge in [0.05, 0.1) is 0 Å². The van der Waals surface area contributed by atoms with Crippen molar-refractivity contribution in [3.8, 4) is 0 Å². The first kappa shape index (κ1) is 10.0. The van der Waals surface area contributed by atoms with Crippen molar-refractivity contribution >= 4 is 11.9 Å². The van der Waals surface area contributed by atoms with E-state index in [1.807, 2.05) is 13.8 Å². The van der Waals surface area contributed by atoms with Gasteiger partial charge in [-0.2, -0.15) is 0 Å². The van der Waals surface area contributed by atoms with Crippen LogP contribution in [0.2, 0.25) is 0 Å². The minimum Gasteiger partial charge on any atom is -0.335 e. The second kappa shape index (κ2) is 4.25. The lowest BCUT2D eigenvalue weighted by molar-refractivity contribution is -0.121. The molecule has 1 atom stereocenters. The number of carbonyl (C=O) groups excluding carboxylic acids is 2. The van der Waals surface area contributed by atoms with Crippen LogP contribution in [0.4, 0.5) is 4.79 Å². The lowest BCUT2D eigenvalue weighted by Crippen LogP contribution is -2.43. The van der Waals surface area contributed by atoms with Crippen molar-refractivity contribution in [3.05, 3.63) is 0 Å². The Kier molecular flexibility index (Phi) is 3.28. The number of nitrogens with one attached hydrogen (secondary N) is 2. The zero-order chi connectivity index (χ0) is 9.84. The monoisotopic (exact) mass is 184 g/mol. The molecular weight excluding hydrogens is 168 g/mol. The highest BCUT2D eigenvalue weighted by Crippen LogP contribution is 2.28. The van der Waals surface area contributed by atoms with Crippen LogP contribution in [0.15, 0.2) is 0 Å². The summed E-state index contributed by atoms with van der Waals surface area (Å²) in [5.74, 6) is -0.0523. The highest BCUT2D eigenvalue weighted by atomic mass is 16.2. The lowest BCUT2D eigenvalue weighted by atomic mass is 10.3. The largest absolute Gasteiger partial charge is 0.335 e. The summed E-state index contributed by atoms with van der Waals surface area (Å²) in [6.45, 7) is 3.88. The van der Waals surface area contributed by atoms with Crippen LogP contribution in [-0.2, 0) is 4.79 Å². The van der Waals surface area contributed by atoms with Gasteiger partial charge in [-0.15, -0.1) is 0 Å². The Balaban J connectivity index is 2.19. The molecule has 1 aliphatic rings. The average Bonchev–Trinajstić information content (AvgIpc) is 2.85. The molecule has 0 radical (unpaired) electrons. The van der Waals surface area contributed by atoms with Gasteiger partial charge in [-0.25, -0.2) is 4.79 Å². The molecule has 0 saturated heterocycles. The van der Waals surface area contributed by atoms with Gasteiger partial charge < -0.3 is 5.32 Å². The van der Waals surface area contributed by atoms with Crippen LogP contribution in [-0.4, -0.2) is 18.0 Å². The number of rotatable bonds is 3. The Hall–Kier alpha value is -1.06. The van der Waals surface area contributed by atoms with Gasteiger partial charge in [0.25, 0.3) is 0 Å². The number of urea groups is 1. The molecule has 0 heterocycles. The van der Waals surface area contributed by atoms with E-state index in [1.54, 1.807) is 0 Å². The second-order valence-electron chi connectivity index (χ2n) is 3.55. The van der Waals surface area contributed by atoms with E-state index in [-0.39, 0.29) is 23.9 Å². The molecular formula is C9H16N2O2. The molecule has 2 N–H and O–H groups in total. The Bertz CT molecular complexity index is 212. The maximum Gasteiger partial charge on any atom is 0.321 e. The van der Waals surface area contributed by atoms with Crippen molar-refractivity contribution in [2.24, 2.45) is 5.92 Å². The van der Waals surface area contributed by atoms with Crippen LogP contribution in [0, 0.1) is 5.92 Å². The fourth-order valence-electron chi connectivity index (χ4n) is 0.921. The van der Waals surface area contributed by atoms with Gasteiger partial charge in [-0.3, -0.25) is 10.1 Å². The van der Waals surface area contributed by atoms with E-state index in [9.17, 15) is 9.59 Å². The number of imide groups is 1. The molecule has 4 heteroatoms. The van der Waals surface area contributed by atoms with Crippen LogP contribution in [0.1, 0.15) is 33.1 Å². The molecule has 0 spiro atoms. The van der Waals surface area contributed by atoms with Crippen LogP contribution in [0.5, 0.6) is 0 Å². The van der Waals surface area contributed by atoms with Gasteiger partial charge in [-0.1, -0.05) is 6.92 Å². The summed E-state index contributed by atoms with van der Waals surface area (Å²) in [5, 5.41) is 4.99. The van der Waals surface area contributed by atoms with Crippen molar-refractivity contribution < 1.29 is 9.59 Å². The molecule has 0 aromatic carbocycles. The van der Waals surface area contributed by atoms with Crippen molar-refractivity contribution in [2.45, 2.75) is 39.2 Å². The SMILES string of the molecule is CCC(C)NC(=O)NC(=O)C1CC1. The fourth-order valence-corrected chi connectivity index (χ4v) is 0.921. The molecule has 1 unspecified atom stereocenters. The lowest BCUT2D eigenvalue weighted by Gasteiger charge is -2.11. The van der Waals surface area contributed by atoms with E-state index in [0.717, 1.165) is 19.3 Å². The topological polar surface area (TPSA) is 58.2 Å². The minimum absolute atomic E-state index is 0.0858. The van der Waals surface area contributed by atoms with Gasteiger partial charge in [0.15, 0.2) is 0 Å².